The highest BCUT2D eigenvalue weighted by atomic mass is 16.2. The van der Waals surface area contributed by atoms with E-state index >= 15 is 0 Å². The molecule has 0 bridgehead atoms. The van der Waals surface area contributed by atoms with Gasteiger partial charge >= 0.3 is 11.7 Å². The highest BCUT2D eigenvalue weighted by Crippen LogP contribution is 2.18. The summed E-state index contributed by atoms with van der Waals surface area (Å²) >= 11 is 0. The largest absolute Gasteiger partial charge is 0.385 e. The van der Waals surface area contributed by atoms with Gasteiger partial charge in [0.05, 0.1) is 0 Å². The van der Waals surface area contributed by atoms with Gasteiger partial charge in [-0.05, 0) is 6.07 Å². The molecule has 0 aliphatic carbocycles. The van der Waals surface area contributed by atoms with Gasteiger partial charge in [-0.3, -0.25) is 9.78 Å². The van der Waals surface area contributed by atoms with Crippen molar-refractivity contribution in [2.75, 3.05) is 5.32 Å². The highest BCUT2D eigenvalue weighted by Gasteiger charge is 2.44. The Hall–Kier alpha value is -3.17. The first-order chi connectivity index (χ1) is 9.48. The fraction of sp³-hybridized carbons (Fsp3) is 0.100. The quantitative estimate of drug-likeness (QED) is 0.447. The minimum atomic E-state index is -1.99. The van der Waals surface area contributed by atoms with Crippen LogP contribution in [0, 0.1) is 5.41 Å². The maximum absolute atomic E-state index is 12.1. The van der Waals surface area contributed by atoms with E-state index in [1.807, 2.05) is 0 Å². The second-order valence-electron chi connectivity index (χ2n) is 3.77. The number of aromatic nitrogens is 2. The Morgan fingerprint density at radius 2 is 2.20 bits per heavy atom. The number of rotatable bonds is 3. The van der Waals surface area contributed by atoms with Crippen LogP contribution in [0.5, 0.6) is 0 Å². The molecule has 1 atom stereocenters. The smallest absolute Gasteiger partial charge is 0.368 e. The average molecular weight is 276 g/mol. The van der Waals surface area contributed by atoms with E-state index < -0.39 is 28.9 Å². The molecule has 0 spiro atoms. The van der Waals surface area contributed by atoms with Gasteiger partial charge in [-0.1, -0.05) is 0 Å². The van der Waals surface area contributed by atoms with Crippen LogP contribution in [0.4, 0.5) is 10.6 Å². The zero-order chi connectivity index (χ0) is 14.8. The van der Waals surface area contributed by atoms with E-state index in [0.29, 0.717) is 0 Å². The van der Waals surface area contributed by atoms with Crippen LogP contribution >= 0.6 is 0 Å². The lowest BCUT2D eigenvalue weighted by molar-refractivity contribution is -0.124. The van der Waals surface area contributed by atoms with Gasteiger partial charge in [0.15, 0.2) is 5.41 Å². The minimum Gasteiger partial charge on any atom is -0.385 e. The van der Waals surface area contributed by atoms with Crippen molar-refractivity contribution in [3.63, 3.8) is 0 Å². The molecule has 0 saturated carbocycles. The van der Waals surface area contributed by atoms with Crippen molar-refractivity contribution in [3.05, 3.63) is 22.7 Å². The molecule has 1 aromatic rings. The first-order valence-electron chi connectivity index (χ1n) is 5.25. The van der Waals surface area contributed by atoms with Crippen molar-refractivity contribution in [3.8, 4) is 0 Å². The Morgan fingerprint density at radius 3 is 2.80 bits per heavy atom. The van der Waals surface area contributed by atoms with Gasteiger partial charge in [-0.2, -0.15) is 4.99 Å². The van der Waals surface area contributed by atoms with Crippen LogP contribution < -0.4 is 16.7 Å². The number of hydrogen-bond donors (Lipinski definition) is 3. The Labute approximate surface area is 110 Å². The highest BCUT2D eigenvalue weighted by molar-refractivity contribution is 6.35. The van der Waals surface area contributed by atoms with Gasteiger partial charge in [0, 0.05) is 12.4 Å². The summed E-state index contributed by atoms with van der Waals surface area (Å²) in [6.45, 7) is 0. The molecule has 102 valence electrons. The summed E-state index contributed by atoms with van der Waals surface area (Å²) in [5, 5.41) is 2.26. The van der Waals surface area contributed by atoms with Crippen LogP contribution in [0.15, 0.2) is 27.0 Å². The number of aliphatic imine (C=N–C) groups is 2. The third kappa shape index (κ3) is 2.21. The number of aldehydes is 1. The summed E-state index contributed by atoms with van der Waals surface area (Å²) in [7, 11) is 0. The van der Waals surface area contributed by atoms with E-state index in [2.05, 4.69) is 25.3 Å². The summed E-state index contributed by atoms with van der Waals surface area (Å²) < 4.78 is 0. The molecule has 1 aliphatic heterocycles. The normalized spacial score (nSPS) is 21.2. The zero-order valence-electron chi connectivity index (χ0n) is 9.86. The van der Waals surface area contributed by atoms with Crippen LogP contribution in [0.25, 0.3) is 0 Å². The van der Waals surface area contributed by atoms with E-state index in [0.717, 1.165) is 12.4 Å². The van der Waals surface area contributed by atoms with Crippen molar-refractivity contribution in [1.82, 2.24) is 9.97 Å². The SMILES string of the molecule is NC1=NC(=O)N=CC1(C=O)C(=O)Nc1ccnc(=O)[nH]1. The number of nitrogens with two attached hydrogens (primary N) is 1. The molecule has 2 heterocycles. The second-order valence-corrected chi connectivity index (χ2v) is 3.77. The molecule has 10 nitrogen and oxygen atoms in total. The number of nitrogens with one attached hydrogen (secondary N) is 2. The van der Waals surface area contributed by atoms with Crippen molar-refractivity contribution in [2.45, 2.75) is 0 Å². The number of nitrogens with zero attached hydrogens (tertiary/aromatic N) is 3. The molecule has 3 amide bonds. The number of carbonyl (C=O) groups excluding carboxylic acids is 3. The Morgan fingerprint density at radius 1 is 1.45 bits per heavy atom. The molecule has 2 rings (SSSR count). The lowest BCUT2D eigenvalue weighted by atomic mass is 9.88. The number of hydrogen-bond acceptors (Lipinski definition) is 6. The van der Waals surface area contributed by atoms with Gasteiger partial charge in [0.1, 0.15) is 17.9 Å². The fourth-order valence-electron chi connectivity index (χ4n) is 1.43. The third-order valence-electron chi connectivity index (χ3n) is 2.50. The second kappa shape index (κ2) is 4.84. The van der Waals surface area contributed by atoms with E-state index in [1.54, 1.807) is 0 Å². The number of amides is 3. The lowest BCUT2D eigenvalue weighted by Gasteiger charge is -2.23. The Balaban J connectivity index is 2.33. The van der Waals surface area contributed by atoms with Crippen molar-refractivity contribution in [1.29, 1.82) is 0 Å². The summed E-state index contributed by atoms with van der Waals surface area (Å²) in [5.74, 6) is -1.40. The molecular weight excluding hydrogens is 268 g/mol. The van der Waals surface area contributed by atoms with Crippen LogP contribution in [-0.4, -0.2) is 40.2 Å². The van der Waals surface area contributed by atoms with Gasteiger partial charge in [0.25, 0.3) is 5.91 Å². The number of amidine groups is 1. The number of H-pyrrole nitrogens is 1. The number of carbonyl (C=O) groups is 3. The van der Waals surface area contributed by atoms with Gasteiger partial charge in [0.2, 0.25) is 0 Å². The summed E-state index contributed by atoms with van der Waals surface area (Å²) in [5.41, 5.74) is 2.79. The van der Waals surface area contributed by atoms with Crippen LogP contribution in [-0.2, 0) is 9.59 Å². The molecule has 20 heavy (non-hydrogen) atoms. The average Bonchev–Trinajstić information content (AvgIpc) is 2.39. The predicted octanol–water partition coefficient (Wildman–Crippen LogP) is -1.54. The Bertz CT molecular complexity index is 706. The molecular formula is C10H8N6O4. The van der Waals surface area contributed by atoms with Gasteiger partial charge in [-0.15, -0.1) is 0 Å². The first kappa shape index (κ1) is 13.3. The molecule has 1 aromatic heterocycles. The Kier molecular flexibility index (Phi) is 3.21. The maximum atomic E-state index is 12.1. The number of aromatic amines is 1. The number of anilines is 1. The topological polar surface area (TPSA) is 160 Å². The lowest BCUT2D eigenvalue weighted by Crippen LogP contribution is -2.51. The van der Waals surface area contributed by atoms with E-state index in [-0.39, 0.29) is 12.1 Å². The molecule has 0 saturated heterocycles. The molecule has 10 heteroatoms. The van der Waals surface area contributed by atoms with Gasteiger partial charge < -0.3 is 15.8 Å². The molecule has 4 N–H and O–H groups in total. The summed E-state index contributed by atoms with van der Waals surface area (Å²) in [6.07, 6.45) is 2.17. The predicted molar refractivity (Wildman–Crippen MR) is 67.5 cm³/mol. The number of urea groups is 1. The summed E-state index contributed by atoms with van der Waals surface area (Å²) in [6, 6.07) is 0.390. The fourth-order valence-corrected chi connectivity index (χ4v) is 1.43. The molecule has 0 radical (unpaired) electrons. The van der Waals surface area contributed by atoms with Crippen LogP contribution in [0.1, 0.15) is 0 Å². The van der Waals surface area contributed by atoms with E-state index in [1.165, 1.54) is 6.07 Å². The minimum absolute atomic E-state index is 0.00863. The molecule has 1 unspecified atom stereocenters. The molecule has 0 fully saturated rings. The van der Waals surface area contributed by atoms with Crippen molar-refractivity contribution < 1.29 is 14.4 Å². The monoisotopic (exact) mass is 276 g/mol. The summed E-state index contributed by atoms with van der Waals surface area (Å²) in [4.78, 5) is 57.4. The molecule has 0 aromatic carbocycles. The first-order valence-corrected chi connectivity index (χ1v) is 5.25. The van der Waals surface area contributed by atoms with Gasteiger partial charge in [-0.25, -0.2) is 19.6 Å². The standard InChI is InChI=1S/C10H8N6O4/c11-6-10(4-17,3-13-9(20)16-6)7(18)14-5-1-2-12-8(19)15-5/h1-4H,(H2,11,16,20)(H2,12,14,15,18,19). The van der Waals surface area contributed by atoms with Crippen molar-refractivity contribution >= 4 is 36.1 Å². The van der Waals surface area contributed by atoms with Crippen LogP contribution in [0.3, 0.4) is 0 Å². The third-order valence-corrected chi connectivity index (χ3v) is 2.50. The van der Waals surface area contributed by atoms with E-state index in [9.17, 15) is 19.2 Å². The maximum Gasteiger partial charge on any atom is 0.368 e. The van der Waals surface area contributed by atoms with Crippen LogP contribution in [0.2, 0.25) is 0 Å². The molecule has 1 aliphatic rings. The van der Waals surface area contributed by atoms with E-state index in [4.69, 9.17) is 5.73 Å². The zero-order valence-corrected chi connectivity index (χ0v) is 9.86. The van der Waals surface area contributed by atoms with Crippen molar-refractivity contribution in [2.24, 2.45) is 21.1 Å².